The Kier molecular flexibility index (Phi) is 6.25. The van der Waals surface area contributed by atoms with E-state index in [-0.39, 0.29) is 29.7 Å². The third-order valence-corrected chi connectivity index (χ3v) is 5.97. The van der Waals surface area contributed by atoms with Gasteiger partial charge < -0.3 is 10.6 Å². The Labute approximate surface area is 187 Å². The van der Waals surface area contributed by atoms with Gasteiger partial charge in [-0.25, -0.2) is 0 Å². The van der Waals surface area contributed by atoms with Gasteiger partial charge in [-0.3, -0.25) is 24.5 Å². The van der Waals surface area contributed by atoms with Crippen molar-refractivity contribution in [2.75, 3.05) is 6.54 Å². The summed E-state index contributed by atoms with van der Waals surface area (Å²) in [5.74, 6) is -0.317. The molecule has 1 fully saturated rings. The van der Waals surface area contributed by atoms with Gasteiger partial charge in [-0.1, -0.05) is 19.4 Å². The number of benzene rings is 1. The lowest BCUT2D eigenvalue weighted by molar-refractivity contribution is -0.120. The molecule has 0 bridgehead atoms. The van der Waals surface area contributed by atoms with Gasteiger partial charge in [-0.05, 0) is 55.2 Å². The molecule has 4 rings (SSSR count). The minimum absolute atomic E-state index is 0.00477. The van der Waals surface area contributed by atoms with Crippen molar-refractivity contribution in [3.63, 3.8) is 0 Å². The van der Waals surface area contributed by atoms with E-state index in [9.17, 15) is 9.59 Å². The fourth-order valence-corrected chi connectivity index (χ4v) is 4.11. The highest BCUT2D eigenvalue weighted by Gasteiger charge is 2.35. The molecule has 3 unspecified atom stereocenters. The normalized spacial score (nSPS) is 18.8. The Bertz CT molecular complexity index is 1110. The third kappa shape index (κ3) is 4.51. The van der Waals surface area contributed by atoms with Crippen LogP contribution in [0.2, 0.25) is 0 Å². The number of aromatic nitrogens is 3. The SMILES string of the molecule is CCC1CNC(=O)C1c1cc(C(=O)NC(C)c2cnccn2)cc(-c2ccc(C)cn2)c1. The molecule has 7 nitrogen and oxygen atoms in total. The molecule has 164 valence electrons. The van der Waals surface area contributed by atoms with Crippen LogP contribution >= 0.6 is 0 Å². The van der Waals surface area contributed by atoms with Crippen molar-refractivity contribution in [1.82, 2.24) is 25.6 Å². The lowest BCUT2D eigenvalue weighted by atomic mass is 9.85. The number of aryl methyl sites for hydroxylation is 1. The monoisotopic (exact) mass is 429 g/mol. The summed E-state index contributed by atoms with van der Waals surface area (Å²) in [4.78, 5) is 38.7. The highest BCUT2D eigenvalue weighted by molar-refractivity contribution is 5.96. The molecule has 1 aliphatic rings. The molecule has 3 atom stereocenters. The second-order valence-corrected chi connectivity index (χ2v) is 8.28. The highest BCUT2D eigenvalue weighted by atomic mass is 16.2. The fourth-order valence-electron chi connectivity index (χ4n) is 4.11. The van der Waals surface area contributed by atoms with Crippen LogP contribution in [0.4, 0.5) is 0 Å². The number of nitrogens with one attached hydrogen (secondary N) is 2. The molecule has 0 radical (unpaired) electrons. The van der Waals surface area contributed by atoms with E-state index in [0.717, 1.165) is 28.8 Å². The largest absolute Gasteiger partial charge is 0.355 e. The zero-order valence-electron chi connectivity index (χ0n) is 18.5. The van der Waals surface area contributed by atoms with Gasteiger partial charge in [-0.2, -0.15) is 0 Å². The van der Waals surface area contributed by atoms with E-state index in [4.69, 9.17) is 0 Å². The first-order valence-electron chi connectivity index (χ1n) is 10.9. The predicted molar refractivity (Wildman–Crippen MR) is 122 cm³/mol. The van der Waals surface area contributed by atoms with Crippen LogP contribution in [0.1, 0.15) is 59.4 Å². The second kappa shape index (κ2) is 9.26. The van der Waals surface area contributed by atoms with Crippen LogP contribution in [0.3, 0.4) is 0 Å². The average molecular weight is 430 g/mol. The first kappa shape index (κ1) is 21.6. The molecule has 2 N–H and O–H groups in total. The Balaban J connectivity index is 1.72. The number of hydrogen-bond donors (Lipinski definition) is 2. The summed E-state index contributed by atoms with van der Waals surface area (Å²) in [6.07, 6.45) is 7.51. The average Bonchev–Trinajstić information content (AvgIpc) is 3.20. The molecule has 1 aromatic carbocycles. The molecule has 3 heterocycles. The predicted octanol–water partition coefficient (Wildman–Crippen LogP) is 3.58. The first-order chi connectivity index (χ1) is 15.5. The van der Waals surface area contributed by atoms with Crippen LogP contribution in [0.25, 0.3) is 11.3 Å². The Morgan fingerprint density at radius 1 is 1.19 bits per heavy atom. The zero-order chi connectivity index (χ0) is 22.7. The van der Waals surface area contributed by atoms with Crippen LogP contribution in [0.5, 0.6) is 0 Å². The molecule has 0 saturated carbocycles. The maximum atomic E-state index is 13.2. The topological polar surface area (TPSA) is 96.9 Å². The van der Waals surface area contributed by atoms with Crippen LogP contribution in [0, 0.1) is 12.8 Å². The molecule has 0 aliphatic carbocycles. The maximum absolute atomic E-state index is 13.2. The van der Waals surface area contributed by atoms with E-state index in [0.29, 0.717) is 17.8 Å². The van der Waals surface area contributed by atoms with Crippen molar-refractivity contribution >= 4 is 11.8 Å². The Morgan fingerprint density at radius 3 is 2.72 bits per heavy atom. The summed E-state index contributed by atoms with van der Waals surface area (Å²) in [5, 5.41) is 5.96. The lowest BCUT2D eigenvalue weighted by Gasteiger charge is -2.19. The number of carbonyl (C=O) groups is 2. The first-order valence-corrected chi connectivity index (χ1v) is 10.9. The van der Waals surface area contributed by atoms with Gasteiger partial charge in [-0.15, -0.1) is 0 Å². The lowest BCUT2D eigenvalue weighted by Crippen LogP contribution is -2.27. The molecule has 2 amide bonds. The minimum atomic E-state index is -0.307. The summed E-state index contributed by atoms with van der Waals surface area (Å²) >= 11 is 0. The van der Waals surface area contributed by atoms with Crippen LogP contribution in [-0.4, -0.2) is 33.3 Å². The number of rotatable bonds is 6. The van der Waals surface area contributed by atoms with Crippen molar-refractivity contribution in [2.24, 2.45) is 5.92 Å². The Morgan fingerprint density at radius 2 is 2.03 bits per heavy atom. The number of hydrogen-bond acceptors (Lipinski definition) is 5. The van der Waals surface area contributed by atoms with E-state index in [1.165, 1.54) is 0 Å². The van der Waals surface area contributed by atoms with E-state index in [1.54, 1.807) is 24.8 Å². The summed E-state index contributed by atoms with van der Waals surface area (Å²) in [5.41, 5.74) is 4.64. The van der Waals surface area contributed by atoms with Crippen LogP contribution < -0.4 is 10.6 Å². The molecule has 7 heteroatoms. The molecular weight excluding hydrogens is 402 g/mol. The van der Waals surface area contributed by atoms with Crippen molar-refractivity contribution in [2.45, 2.75) is 39.2 Å². The highest BCUT2D eigenvalue weighted by Crippen LogP contribution is 2.34. The molecule has 3 aromatic rings. The fraction of sp³-hybridized carbons (Fsp3) is 0.320. The van der Waals surface area contributed by atoms with E-state index in [1.807, 2.05) is 44.2 Å². The van der Waals surface area contributed by atoms with Crippen molar-refractivity contribution in [3.05, 3.63) is 77.5 Å². The van der Waals surface area contributed by atoms with Gasteiger partial charge in [0.05, 0.1) is 29.5 Å². The molecular formula is C25H27N5O2. The number of pyridine rings is 1. The van der Waals surface area contributed by atoms with Crippen molar-refractivity contribution in [1.29, 1.82) is 0 Å². The Hall–Kier alpha value is -3.61. The molecule has 2 aromatic heterocycles. The minimum Gasteiger partial charge on any atom is -0.355 e. The molecule has 1 aliphatic heterocycles. The van der Waals surface area contributed by atoms with Gasteiger partial charge in [0.1, 0.15) is 0 Å². The van der Waals surface area contributed by atoms with Gasteiger partial charge in [0.2, 0.25) is 5.91 Å². The van der Waals surface area contributed by atoms with Gasteiger partial charge in [0.15, 0.2) is 0 Å². The molecule has 32 heavy (non-hydrogen) atoms. The number of carbonyl (C=O) groups excluding carboxylic acids is 2. The van der Waals surface area contributed by atoms with Crippen LogP contribution in [-0.2, 0) is 4.79 Å². The standard InChI is InChI=1S/C25H27N5O2/c1-4-17-13-29-25(32)23(17)19-9-18(21-6-5-15(2)12-28-21)10-20(11-19)24(31)30-16(3)22-14-26-7-8-27-22/h5-12,14,16-17,23H,4,13H2,1-3H3,(H,29,32)(H,30,31). The molecule has 0 spiro atoms. The van der Waals surface area contributed by atoms with E-state index >= 15 is 0 Å². The van der Waals surface area contributed by atoms with Gasteiger partial charge in [0, 0.05) is 36.3 Å². The number of nitrogens with zero attached hydrogens (tertiary/aromatic N) is 3. The van der Waals surface area contributed by atoms with E-state index in [2.05, 4.69) is 32.5 Å². The second-order valence-electron chi connectivity index (χ2n) is 8.28. The summed E-state index contributed by atoms with van der Waals surface area (Å²) in [6.45, 7) is 6.58. The van der Waals surface area contributed by atoms with Gasteiger partial charge >= 0.3 is 0 Å². The van der Waals surface area contributed by atoms with Crippen molar-refractivity contribution < 1.29 is 9.59 Å². The van der Waals surface area contributed by atoms with Crippen LogP contribution in [0.15, 0.2) is 55.1 Å². The summed E-state index contributed by atoms with van der Waals surface area (Å²) < 4.78 is 0. The third-order valence-electron chi connectivity index (χ3n) is 5.97. The van der Waals surface area contributed by atoms with Crippen molar-refractivity contribution in [3.8, 4) is 11.3 Å². The molecule has 1 saturated heterocycles. The smallest absolute Gasteiger partial charge is 0.251 e. The zero-order valence-corrected chi connectivity index (χ0v) is 18.5. The summed E-state index contributed by atoms with van der Waals surface area (Å²) in [7, 11) is 0. The number of amides is 2. The quantitative estimate of drug-likeness (QED) is 0.624. The van der Waals surface area contributed by atoms with E-state index < -0.39 is 0 Å². The summed E-state index contributed by atoms with van der Waals surface area (Å²) in [6, 6.07) is 9.26. The van der Waals surface area contributed by atoms with Gasteiger partial charge in [0.25, 0.3) is 5.91 Å². The maximum Gasteiger partial charge on any atom is 0.251 e.